The Morgan fingerprint density at radius 2 is 2.42 bits per heavy atom. The molecule has 0 spiro atoms. The minimum Gasteiger partial charge on any atom is -0.481 e. The molecule has 0 aliphatic heterocycles. The van der Waals surface area contributed by atoms with Crippen LogP contribution in [0.5, 0.6) is 0 Å². The summed E-state index contributed by atoms with van der Waals surface area (Å²) in [5, 5.41) is 8.78. The summed E-state index contributed by atoms with van der Waals surface area (Å²) in [6.07, 6.45) is 2.13. The molecule has 3 nitrogen and oxygen atoms in total. The zero-order valence-corrected chi connectivity index (χ0v) is 7.20. The summed E-state index contributed by atoms with van der Waals surface area (Å²) in [6, 6.07) is 1.77. The molecule has 1 heterocycles. The second-order valence-electron chi connectivity index (χ2n) is 2.83. The quantitative estimate of drug-likeness (QED) is 0.752. The van der Waals surface area contributed by atoms with Gasteiger partial charge in [-0.1, -0.05) is 6.92 Å². The van der Waals surface area contributed by atoms with Crippen LogP contribution >= 0.6 is 0 Å². The lowest BCUT2D eigenvalue weighted by atomic mass is 10.0. The highest BCUT2D eigenvalue weighted by molar-refractivity contribution is 5.75. The Labute approximate surface area is 71.0 Å². The third-order valence-corrected chi connectivity index (χ3v) is 1.80. The Bertz CT molecular complexity index is 275. The van der Waals surface area contributed by atoms with Gasteiger partial charge in [0.15, 0.2) is 0 Å². The van der Waals surface area contributed by atoms with Crippen molar-refractivity contribution in [2.24, 2.45) is 0 Å². The molecule has 0 radical (unpaired) electrons. The first kappa shape index (κ1) is 8.84. The van der Waals surface area contributed by atoms with Crippen LogP contribution < -0.4 is 0 Å². The molecule has 0 fully saturated rings. The number of hydrogen-bond donors (Lipinski definition) is 1. The van der Waals surface area contributed by atoms with Crippen LogP contribution in [0.2, 0.25) is 0 Å². The van der Waals surface area contributed by atoms with Crippen LogP contribution in [0.25, 0.3) is 0 Å². The SMILES string of the molecule is CCC(C(=O)O)c1cc(C)co1. The maximum absolute atomic E-state index is 10.7. The maximum Gasteiger partial charge on any atom is 0.314 e. The normalized spacial score (nSPS) is 12.8. The fraction of sp³-hybridized carbons (Fsp3) is 0.444. The van der Waals surface area contributed by atoms with Gasteiger partial charge in [0.1, 0.15) is 11.7 Å². The topological polar surface area (TPSA) is 50.4 Å². The highest BCUT2D eigenvalue weighted by Crippen LogP contribution is 2.21. The molecule has 0 aliphatic carbocycles. The van der Waals surface area contributed by atoms with Crippen LogP contribution in [-0.2, 0) is 4.79 Å². The van der Waals surface area contributed by atoms with Crippen molar-refractivity contribution in [3.8, 4) is 0 Å². The molecule has 1 aromatic rings. The van der Waals surface area contributed by atoms with E-state index in [9.17, 15) is 4.79 Å². The number of hydrogen-bond acceptors (Lipinski definition) is 2. The number of rotatable bonds is 3. The Balaban J connectivity index is 2.87. The standard InChI is InChI=1S/C9H12O3/c1-3-7(9(10)11)8-4-6(2)5-12-8/h4-5,7H,3H2,1-2H3,(H,10,11). The van der Waals surface area contributed by atoms with E-state index in [1.54, 1.807) is 12.3 Å². The van der Waals surface area contributed by atoms with Crippen LogP contribution in [0.4, 0.5) is 0 Å². The summed E-state index contributed by atoms with van der Waals surface area (Å²) >= 11 is 0. The first-order chi connectivity index (χ1) is 5.65. The lowest BCUT2D eigenvalue weighted by molar-refractivity contribution is -0.139. The van der Waals surface area contributed by atoms with E-state index in [2.05, 4.69) is 0 Å². The minimum atomic E-state index is -0.827. The fourth-order valence-corrected chi connectivity index (χ4v) is 1.13. The lowest BCUT2D eigenvalue weighted by Crippen LogP contribution is -2.09. The number of carboxylic acid groups (broad SMARTS) is 1. The van der Waals surface area contributed by atoms with E-state index in [0.29, 0.717) is 12.2 Å². The van der Waals surface area contributed by atoms with Gasteiger partial charge < -0.3 is 9.52 Å². The molecule has 3 heteroatoms. The zero-order valence-electron chi connectivity index (χ0n) is 7.20. The summed E-state index contributed by atoms with van der Waals surface area (Å²) in [5.74, 6) is -0.784. The van der Waals surface area contributed by atoms with Crippen LogP contribution in [0.15, 0.2) is 16.7 Å². The number of furan rings is 1. The molecular formula is C9H12O3. The van der Waals surface area contributed by atoms with Crippen molar-refractivity contribution in [2.45, 2.75) is 26.2 Å². The number of carboxylic acids is 1. The second kappa shape index (κ2) is 3.43. The molecule has 0 saturated carbocycles. The van der Waals surface area contributed by atoms with Gasteiger partial charge in [0.25, 0.3) is 0 Å². The van der Waals surface area contributed by atoms with Gasteiger partial charge in [0.05, 0.1) is 6.26 Å². The van der Waals surface area contributed by atoms with Gasteiger partial charge in [-0.2, -0.15) is 0 Å². The van der Waals surface area contributed by atoms with Crippen LogP contribution in [0.3, 0.4) is 0 Å². The molecule has 0 amide bonds. The average molecular weight is 168 g/mol. The molecular weight excluding hydrogens is 156 g/mol. The van der Waals surface area contributed by atoms with Gasteiger partial charge in [-0.15, -0.1) is 0 Å². The molecule has 1 atom stereocenters. The van der Waals surface area contributed by atoms with Crippen molar-refractivity contribution in [3.05, 3.63) is 23.7 Å². The van der Waals surface area contributed by atoms with E-state index in [1.165, 1.54) is 0 Å². The Morgan fingerprint density at radius 3 is 2.75 bits per heavy atom. The van der Waals surface area contributed by atoms with Crippen molar-refractivity contribution in [1.82, 2.24) is 0 Å². The van der Waals surface area contributed by atoms with Crippen LogP contribution in [0, 0.1) is 6.92 Å². The molecule has 1 aromatic heterocycles. The fourth-order valence-electron chi connectivity index (χ4n) is 1.13. The Kier molecular flexibility index (Phi) is 2.53. The van der Waals surface area contributed by atoms with Crippen LogP contribution in [0.1, 0.15) is 30.6 Å². The smallest absolute Gasteiger partial charge is 0.314 e. The number of carbonyl (C=O) groups is 1. The van der Waals surface area contributed by atoms with E-state index in [-0.39, 0.29) is 0 Å². The lowest BCUT2D eigenvalue weighted by Gasteiger charge is -2.04. The van der Waals surface area contributed by atoms with Crippen molar-refractivity contribution >= 4 is 5.97 Å². The number of aryl methyl sites for hydroxylation is 1. The first-order valence-electron chi connectivity index (χ1n) is 3.93. The average Bonchev–Trinajstić information content (AvgIpc) is 2.37. The maximum atomic E-state index is 10.7. The first-order valence-corrected chi connectivity index (χ1v) is 3.93. The predicted octanol–water partition coefficient (Wildman–Crippen LogP) is 2.17. The van der Waals surface area contributed by atoms with Gasteiger partial charge in [0, 0.05) is 0 Å². The van der Waals surface area contributed by atoms with Gasteiger partial charge in [-0.25, -0.2) is 0 Å². The molecule has 0 aliphatic rings. The predicted molar refractivity (Wildman–Crippen MR) is 44.1 cm³/mol. The van der Waals surface area contributed by atoms with Gasteiger partial charge >= 0.3 is 5.97 Å². The molecule has 1 N–H and O–H groups in total. The highest BCUT2D eigenvalue weighted by atomic mass is 16.4. The van der Waals surface area contributed by atoms with Crippen molar-refractivity contribution in [1.29, 1.82) is 0 Å². The van der Waals surface area contributed by atoms with Crippen molar-refractivity contribution in [2.75, 3.05) is 0 Å². The van der Waals surface area contributed by atoms with Gasteiger partial charge in [0.2, 0.25) is 0 Å². The summed E-state index contributed by atoms with van der Waals surface area (Å²) in [4.78, 5) is 10.7. The Morgan fingerprint density at radius 1 is 1.75 bits per heavy atom. The summed E-state index contributed by atoms with van der Waals surface area (Å²) in [5.41, 5.74) is 0.963. The van der Waals surface area contributed by atoms with Crippen molar-refractivity contribution in [3.63, 3.8) is 0 Å². The highest BCUT2D eigenvalue weighted by Gasteiger charge is 2.20. The van der Waals surface area contributed by atoms with E-state index in [1.807, 2.05) is 13.8 Å². The molecule has 0 bridgehead atoms. The van der Waals surface area contributed by atoms with E-state index >= 15 is 0 Å². The van der Waals surface area contributed by atoms with Crippen LogP contribution in [-0.4, -0.2) is 11.1 Å². The molecule has 66 valence electrons. The van der Waals surface area contributed by atoms with E-state index in [4.69, 9.17) is 9.52 Å². The van der Waals surface area contributed by atoms with Crippen molar-refractivity contribution < 1.29 is 14.3 Å². The molecule has 0 saturated heterocycles. The van der Waals surface area contributed by atoms with E-state index in [0.717, 1.165) is 5.56 Å². The third kappa shape index (κ3) is 1.67. The summed E-state index contributed by atoms with van der Waals surface area (Å²) in [6.45, 7) is 3.71. The van der Waals surface area contributed by atoms with Gasteiger partial charge in [-0.05, 0) is 25.0 Å². The second-order valence-corrected chi connectivity index (χ2v) is 2.83. The summed E-state index contributed by atoms with van der Waals surface area (Å²) < 4.78 is 5.10. The molecule has 12 heavy (non-hydrogen) atoms. The largest absolute Gasteiger partial charge is 0.481 e. The van der Waals surface area contributed by atoms with Gasteiger partial charge in [-0.3, -0.25) is 4.79 Å². The molecule has 1 rings (SSSR count). The Hall–Kier alpha value is -1.25. The zero-order chi connectivity index (χ0) is 9.14. The summed E-state index contributed by atoms with van der Waals surface area (Å²) in [7, 11) is 0. The minimum absolute atomic E-state index is 0.501. The molecule has 1 unspecified atom stereocenters. The number of aliphatic carboxylic acids is 1. The van der Waals surface area contributed by atoms with E-state index < -0.39 is 11.9 Å². The third-order valence-electron chi connectivity index (χ3n) is 1.80. The monoisotopic (exact) mass is 168 g/mol. The molecule has 0 aromatic carbocycles.